The number of nitrogens with two attached hydrogens (primary N) is 1. The summed E-state index contributed by atoms with van der Waals surface area (Å²) in [6, 6.07) is 3.65. The van der Waals surface area contributed by atoms with Gasteiger partial charge in [-0.2, -0.15) is 5.26 Å². The Bertz CT molecular complexity index is 382. The number of benzene rings is 1. The van der Waals surface area contributed by atoms with Crippen molar-refractivity contribution in [3.8, 4) is 6.07 Å². The van der Waals surface area contributed by atoms with E-state index in [0.29, 0.717) is 0 Å². The fraction of sp³-hybridized carbons (Fsp3) is 0.100. The molecule has 0 saturated heterocycles. The smallest absolute Gasteiger partial charge is 0.135 e. The molecule has 0 aromatic heterocycles. The van der Waals surface area contributed by atoms with Crippen LogP contribution in [-0.4, -0.2) is 0 Å². The number of anilines is 1. The molecule has 0 fully saturated rings. The van der Waals surface area contributed by atoms with Gasteiger partial charge in [0, 0.05) is 17.3 Å². The van der Waals surface area contributed by atoms with Crippen molar-refractivity contribution < 1.29 is 8.78 Å². The predicted molar refractivity (Wildman–Crippen MR) is 50.0 cm³/mol. The van der Waals surface area contributed by atoms with E-state index in [1.165, 1.54) is 12.2 Å². The molecule has 0 bridgehead atoms. The molecule has 2 N–H and O–H groups in total. The molecule has 0 aliphatic rings. The summed E-state index contributed by atoms with van der Waals surface area (Å²) in [4.78, 5) is 0. The van der Waals surface area contributed by atoms with Crippen LogP contribution >= 0.6 is 0 Å². The zero-order valence-electron chi connectivity index (χ0n) is 7.30. The number of nitriles is 1. The Hall–Kier alpha value is -1.89. The molecule has 1 aromatic rings. The molecular formula is C10H8F2N2. The van der Waals surface area contributed by atoms with Gasteiger partial charge in [-0.3, -0.25) is 0 Å². The maximum absolute atomic E-state index is 13.1. The summed E-state index contributed by atoms with van der Waals surface area (Å²) < 4.78 is 25.7. The van der Waals surface area contributed by atoms with Crippen LogP contribution in [0.4, 0.5) is 14.5 Å². The lowest BCUT2D eigenvalue weighted by atomic mass is 10.1. The molecule has 0 atom stereocenters. The summed E-state index contributed by atoms with van der Waals surface area (Å²) in [6.45, 7) is 0. The Kier molecular flexibility index (Phi) is 3.19. The first-order valence-corrected chi connectivity index (χ1v) is 3.93. The van der Waals surface area contributed by atoms with E-state index in [-0.39, 0.29) is 17.7 Å². The van der Waals surface area contributed by atoms with Crippen molar-refractivity contribution in [1.82, 2.24) is 0 Å². The van der Waals surface area contributed by atoms with Gasteiger partial charge in [-0.25, -0.2) is 8.78 Å². The third-order valence-corrected chi connectivity index (χ3v) is 1.62. The van der Waals surface area contributed by atoms with Crippen LogP contribution in [0.5, 0.6) is 0 Å². The average Bonchev–Trinajstić information content (AvgIpc) is 2.09. The standard InChI is InChI=1S/C10H8F2N2/c11-7-5-9(12)8(10(14)6-7)3-1-2-4-13/h1,3,5-6H,2,14H2. The van der Waals surface area contributed by atoms with E-state index < -0.39 is 11.6 Å². The molecule has 1 rings (SSSR count). The van der Waals surface area contributed by atoms with E-state index in [9.17, 15) is 8.78 Å². The normalized spacial score (nSPS) is 10.4. The Morgan fingerprint density at radius 2 is 2.14 bits per heavy atom. The minimum Gasteiger partial charge on any atom is -0.398 e. The molecule has 2 nitrogen and oxygen atoms in total. The highest BCUT2D eigenvalue weighted by Crippen LogP contribution is 2.19. The minimum absolute atomic E-state index is 0.0247. The minimum atomic E-state index is -0.725. The first-order chi connectivity index (χ1) is 6.65. The predicted octanol–water partition coefficient (Wildman–Crippen LogP) is 2.47. The van der Waals surface area contributed by atoms with Crippen molar-refractivity contribution in [2.75, 3.05) is 5.73 Å². The molecule has 0 amide bonds. The Morgan fingerprint density at radius 1 is 1.43 bits per heavy atom. The van der Waals surface area contributed by atoms with Crippen molar-refractivity contribution >= 4 is 11.8 Å². The van der Waals surface area contributed by atoms with Gasteiger partial charge in [0.2, 0.25) is 0 Å². The monoisotopic (exact) mass is 194 g/mol. The number of allylic oxidation sites excluding steroid dienone is 1. The van der Waals surface area contributed by atoms with Crippen LogP contribution in [-0.2, 0) is 0 Å². The van der Waals surface area contributed by atoms with Gasteiger partial charge in [0.25, 0.3) is 0 Å². The third kappa shape index (κ3) is 2.30. The first kappa shape index (κ1) is 10.2. The number of nitrogens with zero attached hydrogens (tertiary/aromatic N) is 1. The molecule has 14 heavy (non-hydrogen) atoms. The summed E-state index contributed by atoms with van der Waals surface area (Å²) >= 11 is 0. The second-order valence-electron chi connectivity index (χ2n) is 2.66. The van der Waals surface area contributed by atoms with Crippen molar-refractivity contribution in [2.24, 2.45) is 0 Å². The van der Waals surface area contributed by atoms with Crippen molar-refractivity contribution in [2.45, 2.75) is 6.42 Å². The van der Waals surface area contributed by atoms with Crippen LogP contribution in [0.15, 0.2) is 18.2 Å². The fourth-order valence-electron chi connectivity index (χ4n) is 1.01. The lowest BCUT2D eigenvalue weighted by Crippen LogP contribution is -1.94. The van der Waals surface area contributed by atoms with E-state index in [2.05, 4.69) is 0 Å². The van der Waals surface area contributed by atoms with E-state index in [4.69, 9.17) is 11.0 Å². The summed E-state index contributed by atoms with van der Waals surface area (Å²) in [5.74, 6) is -1.44. The van der Waals surface area contributed by atoms with Gasteiger partial charge in [0.1, 0.15) is 11.6 Å². The number of rotatable bonds is 2. The molecule has 0 unspecified atom stereocenters. The lowest BCUT2D eigenvalue weighted by molar-refractivity contribution is 0.583. The van der Waals surface area contributed by atoms with E-state index in [1.54, 1.807) is 0 Å². The number of hydrogen-bond acceptors (Lipinski definition) is 2. The second-order valence-corrected chi connectivity index (χ2v) is 2.66. The number of halogens is 2. The highest BCUT2D eigenvalue weighted by Gasteiger charge is 2.05. The molecule has 0 aliphatic carbocycles. The van der Waals surface area contributed by atoms with E-state index in [1.807, 2.05) is 6.07 Å². The molecule has 1 aromatic carbocycles. The quantitative estimate of drug-likeness (QED) is 0.735. The van der Waals surface area contributed by atoms with Crippen LogP contribution in [0.25, 0.3) is 6.08 Å². The van der Waals surface area contributed by atoms with Crippen LogP contribution in [0, 0.1) is 23.0 Å². The number of hydrogen-bond donors (Lipinski definition) is 1. The summed E-state index contributed by atoms with van der Waals surface area (Å²) in [5.41, 5.74) is 5.53. The molecular weight excluding hydrogens is 186 g/mol. The van der Waals surface area contributed by atoms with Gasteiger partial charge < -0.3 is 5.73 Å². The van der Waals surface area contributed by atoms with Crippen LogP contribution in [0.2, 0.25) is 0 Å². The molecule has 0 saturated carbocycles. The Balaban J connectivity index is 3.04. The molecule has 0 spiro atoms. The van der Waals surface area contributed by atoms with Crippen molar-refractivity contribution in [3.63, 3.8) is 0 Å². The zero-order valence-corrected chi connectivity index (χ0v) is 7.30. The van der Waals surface area contributed by atoms with Gasteiger partial charge in [-0.1, -0.05) is 12.2 Å². The first-order valence-electron chi connectivity index (χ1n) is 3.93. The molecule has 0 heterocycles. The zero-order chi connectivity index (χ0) is 10.6. The lowest BCUT2D eigenvalue weighted by Gasteiger charge is -2.01. The van der Waals surface area contributed by atoms with Crippen LogP contribution in [0.3, 0.4) is 0 Å². The largest absolute Gasteiger partial charge is 0.398 e. The Labute approximate surface area is 80.3 Å². The Morgan fingerprint density at radius 3 is 2.71 bits per heavy atom. The number of nitrogen functional groups attached to an aromatic ring is 1. The average molecular weight is 194 g/mol. The van der Waals surface area contributed by atoms with Crippen molar-refractivity contribution in [1.29, 1.82) is 5.26 Å². The highest BCUT2D eigenvalue weighted by molar-refractivity contribution is 5.65. The van der Waals surface area contributed by atoms with Gasteiger partial charge in [0.15, 0.2) is 0 Å². The van der Waals surface area contributed by atoms with Gasteiger partial charge >= 0.3 is 0 Å². The topological polar surface area (TPSA) is 49.8 Å². The second kappa shape index (κ2) is 4.38. The van der Waals surface area contributed by atoms with Crippen molar-refractivity contribution in [3.05, 3.63) is 35.4 Å². The SMILES string of the molecule is N#CCC=Cc1c(N)cc(F)cc1F. The summed E-state index contributed by atoms with van der Waals surface area (Å²) in [6.07, 6.45) is 3.00. The fourth-order valence-corrected chi connectivity index (χ4v) is 1.01. The van der Waals surface area contributed by atoms with Gasteiger partial charge in [0.05, 0.1) is 12.5 Å². The maximum Gasteiger partial charge on any atom is 0.135 e. The summed E-state index contributed by atoms with van der Waals surface area (Å²) in [7, 11) is 0. The van der Waals surface area contributed by atoms with E-state index in [0.717, 1.165) is 12.1 Å². The van der Waals surface area contributed by atoms with Gasteiger partial charge in [-0.15, -0.1) is 0 Å². The molecule has 4 heteroatoms. The van der Waals surface area contributed by atoms with Gasteiger partial charge in [-0.05, 0) is 6.07 Å². The van der Waals surface area contributed by atoms with E-state index >= 15 is 0 Å². The van der Waals surface area contributed by atoms with Crippen LogP contribution < -0.4 is 5.73 Å². The molecule has 72 valence electrons. The molecule has 0 aliphatic heterocycles. The molecule has 0 radical (unpaired) electrons. The highest BCUT2D eigenvalue weighted by atomic mass is 19.1. The van der Waals surface area contributed by atoms with Crippen LogP contribution in [0.1, 0.15) is 12.0 Å². The third-order valence-electron chi connectivity index (χ3n) is 1.62. The summed E-state index contributed by atoms with van der Waals surface area (Å²) in [5, 5.41) is 8.24. The maximum atomic E-state index is 13.1.